The minimum Gasteiger partial charge on any atom is -0.454 e. The first-order chi connectivity index (χ1) is 14.0. The molecule has 0 amide bonds. The maximum Gasteiger partial charge on any atom is 0.165 e. The van der Waals surface area contributed by atoms with Crippen molar-refractivity contribution in [2.45, 2.75) is 52.4 Å². The molecule has 0 bridgehead atoms. The molecule has 158 valence electrons. The summed E-state index contributed by atoms with van der Waals surface area (Å²) in [5.41, 5.74) is 1.05. The second kappa shape index (κ2) is 8.10. The number of halogens is 2. The van der Waals surface area contributed by atoms with E-state index < -0.39 is 11.6 Å². The highest BCUT2D eigenvalue weighted by molar-refractivity contribution is 5.54. The molecule has 4 heteroatoms. The van der Waals surface area contributed by atoms with Crippen LogP contribution in [0, 0.1) is 11.6 Å². The molecule has 3 aromatic rings. The van der Waals surface area contributed by atoms with E-state index >= 15 is 0 Å². The highest BCUT2D eigenvalue weighted by atomic mass is 19.1. The van der Waals surface area contributed by atoms with E-state index in [4.69, 9.17) is 9.47 Å². The molecule has 0 saturated carbocycles. The van der Waals surface area contributed by atoms with E-state index in [0.717, 1.165) is 11.1 Å². The molecule has 0 atom stereocenters. The minimum atomic E-state index is -0.429. The Morgan fingerprint density at radius 2 is 0.867 bits per heavy atom. The van der Waals surface area contributed by atoms with Gasteiger partial charge in [-0.25, -0.2) is 8.78 Å². The molecule has 0 N–H and O–H groups in total. The van der Waals surface area contributed by atoms with Crippen LogP contribution < -0.4 is 9.47 Å². The van der Waals surface area contributed by atoms with Crippen molar-refractivity contribution in [3.8, 4) is 23.0 Å². The second-order valence-electron chi connectivity index (χ2n) is 9.41. The first kappa shape index (κ1) is 21.8. The van der Waals surface area contributed by atoms with Crippen LogP contribution in [0.1, 0.15) is 52.7 Å². The molecule has 0 heterocycles. The van der Waals surface area contributed by atoms with Gasteiger partial charge in [0.25, 0.3) is 0 Å². The average molecular weight is 411 g/mol. The molecule has 30 heavy (non-hydrogen) atoms. The standard InChI is InChI=1S/C26H28F2O2/c1-25(2,3)17-15-24(30-22-14-10-8-12-20(22)28)18(26(4,5)6)16-23(17)29-21-13-9-7-11-19(21)27/h7-16H,1-6H3. The molecular formula is C26H28F2O2. The van der Waals surface area contributed by atoms with Crippen molar-refractivity contribution in [1.82, 2.24) is 0 Å². The van der Waals surface area contributed by atoms with E-state index in [1.54, 1.807) is 36.4 Å². The number of para-hydroxylation sites is 2. The predicted octanol–water partition coefficient (Wildman–Crippen LogP) is 8.14. The third-order valence-electron chi connectivity index (χ3n) is 4.81. The number of hydrogen-bond donors (Lipinski definition) is 0. The Bertz CT molecular complexity index is 958. The third kappa shape index (κ3) is 4.81. The Balaban J connectivity index is 2.18. The van der Waals surface area contributed by atoms with Crippen LogP contribution in [0.15, 0.2) is 60.7 Å². The third-order valence-corrected chi connectivity index (χ3v) is 4.81. The fraction of sp³-hybridized carbons (Fsp3) is 0.308. The van der Waals surface area contributed by atoms with E-state index in [9.17, 15) is 8.78 Å². The molecule has 0 aromatic heterocycles. The summed E-state index contributed by atoms with van der Waals surface area (Å²) in [6.45, 7) is 12.3. The van der Waals surface area contributed by atoms with Crippen LogP contribution in [0.3, 0.4) is 0 Å². The lowest BCUT2D eigenvalue weighted by Gasteiger charge is -2.29. The number of benzene rings is 3. The monoisotopic (exact) mass is 410 g/mol. The lowest BCUT2D eigenvalue weighted by Crippen LogP contribution is -2.17. The van der Waals surface area contributed by atoms with Crippen LogP contribution in [-0.2, 0) is 10.8 Å². The molecule has 0 aliphatic carbocycles. The summed E-state index contributed by atoms with van der Waals surface area (Å²) in [7, 11) is 0. The Morgan fingerprint density at radius 3 is 1.17 bits per heavy atom. The molecule has 0 saturated heterocycles. The van der Waals surface area contributed by atoms with E-state index in [0.29, 0.717) is 11.5 Å². The first-order valence-electron chi connectivity index (χ1n) is 10.0. The van der Waals surface area contributed by atoms with Crippen LogP contribution in [0.25, 0.3) is 0 Å². The Kier molecular flexibility index (Phi) is 5.89. The molecule has 0 fully saturated rings. The SMILES string of the molecule is CC(C)(C)c1cc(Oc2ccccc2F)c(C(C)(C)C)cc1Oc1ccccc1F. The van der Waals surface area contributed by atoms with Crippen LogP contribution in [0.5, 0.6) is 23.0 Å². The molecule has 0 unspecified atom stereocenters. The first-order valence-corrected chi connectivity index (χ1v) is 10.0. The summed E-state index contributed by atoms with van der Waals surface area (Å²) in [5.74, 6) is 0.566. The summed E-state index contributed by atoms with van der Waals surface area (Å²) in [5, 5.41) is 0. The Labute approximate surface area is 177 Å². The summed E-state index contributed by atoms with van der Waals surface area (Å²) < 4.78 is 40.6. The van der Waals surface area contributed by atoms with Gasteiger partial charge in [-0.3, -0.25) is 0 Å². The summed E-state index contributed by atoms with van der Waals surface area (Å²) in [6.07, 6.45) is 0. The fourth-order valence-electron chi connectivity index (χ4n) is 3.19. The van der Waals surface area contributed by atoms with Gasteiger partial charge in [-0.15, -0.1) is 0 Å². The topological polar surface area (TPSA) is 18.5 Å². The van der Waals surface area contributed by atoms with Gasteiger partial charge in [-0.05, 0) is 47.2 Å². The molecular weight excluding hydrogens is 382 g/mol. The normalized spacial score (nSPS) is 12.0. The maximum atomic E-state index is 14.3. The van der Waals surface area contributed by atoms with Crippen LogP contribution >= 0.6 is 0 Å². The van der Waals surface area contributed by atoms with E-state index in [1.165, 1.54) is 12.1 Å². The number of ether oxygens (including phenoxy) is 2. The van der Waals surface area contributed by atoms with Crippen molar-refractivity contribution in [2.24, 2.45) is 0 Å². The maximum absolute atomic E-state index is 14.3. The van der Waals surface area contributed by atoms with Gasteiger partial charge in [0, 0.05) is 11.1 Å². The van der Waals surface area contributed by atoms with Gasteiger partial charge in [-0.1, -0.05) is 65.8 Å². The van der Waals surface area contributed by atoms with Gasteiger partial charge in [0.05, 0.1) is 0 Å². The molecule has 2 nitrogen and oxygen atoms in total. The van der Waals surface area contributed by atoms with Crippen molar-refractivity contribution in [1.29, 1.82) is 0 Å². The largest absolute Gasteiger partial charge is 0.454 e. The van der Waals surface area contributed by atoms with Gasteiger partial charge in [0.2, 0.25) is 0 Å². The highest BCUT2D eigenvalue weighted by Crippen LogP contribution is 2.44. The second-order valence-corrected chi connectivity index (χ2v) is 9.41. The zero-order valence-electron chi connectivity index (χ0n) is 18.3. The van der Waals surface area contributed by atoms with E-state index in [-0.39, 0.29) is 22.3 Å². The Hall–Kier alpha value is -2.88. The Morgan fingerprint density at radius 1 is 0.533 bits per heavy atom. The van der Waals surface area contributed by atoms with E-state index in [1.807, 2.05) is 53.7 Å². The van der Waals surface area contributed by atoms with Gasteiger partial charge in [-0.2, -0.15) is 0 Å². The summed E-state index contributed by atoms with van der Waals surface area (Å²) >= 11 is 0. The van der Waals surface area contributed by atoms with Gasteiger partial charge in [0.1, 0.15) is 11.5 Å². The lowest BCUT2D eigenvalue weighted by atomic mass is 9.81. The van der Waals surface area contributed by atoms with Crippen LogP contribution in [-0.4, -0.2) is 0 Å². The minimum absolute atomic E-state index is 0.158. The lowest BCUT2D eigenvalue weighted by molar-refractivity contribution is 0.405. The van der Waals surface area contributed by atoms with Crippen molar-refractivity contribution in [3.05, 3.63) is 83.4 Å². The average Bonchev–Trinajstić information content (AvgIpc) is 2.64. The van der Waals surface area contributed by atoms with Crippen molar-refractivity contribution in [3.63, 3.8) is 0 Å². The zero-order chi connectivity index (χ0) is 22.1. The number of rotatable bonds is 4. The molecule has 0 aliphatic heterocycles. The van der Waals surface area contributed by atoms with E-state index in [2.05, 4.69) is 0 Å². The molecule has 0 spiro atoms. The quantitative estimate of drug-likeness (QED) is 0.432. The smallest absolute Gasteiger partial charge is 0.165 e. The van der Waals surface area contributed by atoms with Crippen molar-refractivity contribution < 1.29 is 18.3 Å². The molecule has 0 aliphatic rings. The van der Waals surface area contributed by atoms with Gasteiger partial charge < -0.3 is 9.47 Å². The molecule has 0 radical (unpaired) electrons. The zero-order valence-corrected chi connectivity index (χ0v) is 18.3. The van der Waals surface area contributed by atoms with Crippen LogP contribution in [0.2, 0.25) is 0 Å². The molecule has 3 aromatic carbocycles. The number of hydrogen-bond acceptors (Lipinski definition) is 2. The van der Waals surface area contributed by atoms with Gasteiger partial charge >= 0.3 is 0 Å². The van der Waals surface area contributed by atoms with Gasteiger partial charge in [0.15, 0.2) is 23.1 Å². The van der Waals surface area contributed by atoms with Crippen LogP contribution in [0.4, 0.5) is 8.78 Å². The predicted molar refractivity (Wildman–Crippen MR) is 117 cm³/mol. The molecule has 3 rings (SSSR count). The fourth-order valence-corrected chi connectivity index (χ4v) is 3.19. The van der Waals surface area contributed by atoms with Crippen molar-refractivity contribution >= 4 is 0 Å². The summed E-state index contributed by atoms with van der Waals surface area (Å²) in [6, 6.07) is 16.4. The van der Waals surface area contributed by atoms with Crippen molar-refractivity contribution in [2.75, 3.05) is 0 Å². The summed E-state index contributed by atoms with van der Waals surface area (Å²) in [4.78, 5) is 0. The highest BCUT2D eigenvalue weighted by Gasteiger charge is 2.28.